The fraction of sp³-hybridized carbons (Fsp3) is 0.333. The van der Waals surface area contributed by atoms with E-state index < -0.39 is 0 Å². The van der Waals surface area contributed by atoms with Crippen molar-refractivity contribution in [2.24, 2.45) is 5.10 Å². The van der Waals surface area contributed by atoms with Crippen molar-refractivity contribution in [2.75, 3.05) is 13.2 Å². The normalized spacial score (nSPS) is 11.4. The predicted octanol–water partition coefficient (Wildman–Crippen LogP) is 3.62. The summed E-state index contributed by atoms with van der Waals surface area (Å²) in [5.74, 6) is 0.752. The van der Waals surface area contributed by atoms with Gasteiger partial charge in [-0.2, -0.15) is 5.10 Å². The first kappa shape index (κ1) is 20.3. The van der Waals surface area contributed by atoms with Gasteiger partial charge in [0, 0.05) is 0 Å². The Labute approximate surface area is 159 Å². The number of phenolic OH excluding ortho intramolecular Hbond substituents is 1. The molecule has 0 aromatic heterocycles. The van der Waals surface area contributed by atoms with Crippen molar-refractivity contribution in [1.82, 2.24) is 5.43 Å². The molecule has 0 unspecified atom stereocenters. The summed E-state index contributed by atoms with van der Waals surface area (Å²) < 4.78 is 11.0. The highest BCUT2D eigenvalue weighted by atomic mass is 16.5. The van der Waals surface area contributed by atoms with Gasteiger partial charge in [0.15, 0.2) is 18.1 Å². The van der Waals surface area contributed by atoms with Gasteiger partial charge in [-0.3, -0.25) is 4.79 Å². The van der Waals surface area contributed by atoms with Crippen LogP contribution in [-0.4, -0.2) is 30.4 Å². The molecular formula is C21H26N2O4. The SMILES string of the molecule is CCOc1cc(C=NNC(=O)COc2ccccc2C(C)(C)C)ccc1O. The molecule has 0 radical (unpaired) electrons. The number of phenols is 1. The summed E-state index contributed by atoms with van der Waals surface area (Å²) in [4.78, 5) is 12.0. The highest BCUT2D eigenvalue weighted by molar-refractivity contribution is 5.83. The lowest BCUT2D eigenvalue weighted by molar-refractivity contribution is -0.123. The molecule has 0 atom stereocenters. The smallest absolute Gasteiger partial charge is 0.277 e. The first-order valence-corrected chi connectivity index (χ1v) is 8.81. The summed E-state index contributed by atoms with van der Waals surface area (Å²) in [6.07, 6.45) is 1.48. The summed E-state index contributed by atoms with van der Waals surface area (Å²) >= 11 is 0. The third-order valence-corrected chi connectivity index (χ3v) is 3.74. The number of hydrogen-bond acceptors (Lipinski definition) is 5. The number of benzene rings is 2. The van der Waals surface area contributed by atoms with Crippen molar-refractivity contribution < 1.29 is 19.4 Å². The molecule has 6 nitrogen and oxygen atoms in total. The van der Waals surface area contributed by atoms with Crippen LogP contribution in [0.25, 0.3) is 0 Å². The Morgan fingerprint density at radius 2 is 1.89 bits per heavy atom. The Bertz CT molecular complexity index is 810. The summed E-state index contributed by atoms with van der Waals surface area (Å²) in [6, 6.07) is 12.5. The van der Waals surface area contributed by atoms with Gasteiger partial charge in [-0.15, -0.1) is 0 Å². The lowest BCUT2D eigenvalue weighted by Crippen LogP contribution is -2.25. The molecule has 0 heterocycles. The first-order chi connectivity index (χ1) is 12.8. The molecule has 2 N–H and O–H groups in total. The predicted molar refractivity (Wildman–Crippen MR) is 106 cm³/mol. The van der Waals surface area contributed by atoms with Crippen LogP contribution in [0.1, 0.15) is 38.8 Å². The molecule has 6 heteroatoms. The van der Waals surface area contributed by atoms with E-state index >= 15 is 0 Å². The Hall–Kier alpha value is -3.02. The molecule has 2 aromatic carbocycles. The highest BCUT2D eigenvalue weighted by Crippen LogP contribution is 2.30. The lowest BCUT2D eigenvalue weighted by atomic mass is 9.86. The molecule has 0 saturated heterocycles. The van der Waals surface area contributed by atoms with Crippen molar-refractivity contribution in [2.45, 2.75) is 33.1 Å². The molecule has 144 valence electrons. The maximum atomic E-state index is 12.0. The van der Waals surface area contributed by atoms with E-state index in [4.69, 9.17) is 9.47 Å². The van der Waals surface area contributed by atoms with Gasteiger partial charge in [-0.25, -0.2) is 5.43 Å². The monoisotopic (exact) mass is 370 g/mol. The van der Waals surface area contributed by atoms with Gasteiger partial charge in [-0.1, -0.05) is 39.0 Å². The van der Waals surface area contributed by atoms with Crippen LogP contribution < -0.4 is 14.9 Å². The molecule has 27 heavy (non-hydrogen) atoms. The molecule has 0 saturated carbocycles. The van der Waals surface area contributed by atoms with Gasteiger partial charge >= 0.3 is 0 Å². The topological polar surface area (TPSA) is 80.2 Å². The van der Waals surface area contributed by atoms with Gasteiger partial charge in [0.1, 0.15) is 5.75 Å². The van der Waals surface area contributed by atoms with Gasteiger partial charge in [0.05, 0.1) is 12.8 Å². The van der Waals surface area contributed by atoms with E-state index in [1.807, 2.05) is 31.2 Å². The van der Waals surface area contributed by atoms with Crippen LogP contribution in [-0.2, 0) is 10.2 Å². The zero-order valence-corrected chi connectivity index (χ0v) is 16.2. The van der Waals surface area contributed by atoms with Gasteiger partial charge in [-0.05, 0) is 47.7 Å². The van der Waals surface area contributed by atoms with Crippen molar-refractivity contribution >= 4 is 12.1 Å². The molecule has 1 amide bonds. The third kappa shape index (κ3) is 6.02. The number of nitrogens with one attached hydrogen (secondary N) is 1. The Kier molecular flexibility index (Phi) is 6.82. The van der Waals surface area contributed by atoms with Crippen LogP contribution >= 0.6 is 0 Å². The number of aromatic hydroxyl groups is 1. The highest BCUT2D eigenvalue weighted by Gasteiger charge is 2.18. The zero-order chi connectivity index (χ0) is 19.9. The summed E-state index contributed by atoms with van der Waals surface area (Å²) in [5.41, 5.74) is 4.07. The summed E-state index contributed by atoms with van der Waals surface area (Å²) in [7, 11) is 0. The van der Waals surface area contributed by atoms with Crippen LogP contribution in [0.5, 0.6) is 17.2 Å². The molecular weight excluding hydrogens is 344 g/mol. The molecule has 0 aliphatic rings. The number of carbonyl (C=O) groups excluding carboxylic acids is 1. The van der Waals surface area contributed by atoms with E-state index in [9.17, 15) is 9.90 Å². The number of para-hydroxylation sites is 1. The lowest BCUT2D eigenvalue weighted by Gasteiger charge is -2.22. The zero-order valence-electron chi connectivity index (χ0n) is 16.2. The van der Waals surface area contributed by atoms with E-state index in [-0.39, 0.29) is 23.7 Å². The van der Waals surface area contributed by atoms with Crippen molar-refractivity contribution in [3.8, 4) is 17.2 Å². The van der Waals surface area contributed by atoms with Gasteiger partial charge in [0.2, 0.25) is 0 Å². The van der Waals surface area contributed by atoms with Crippen molar-refractivity contribution in [1.29, 1.82) is 0 Å². The Balaban J connectivity index is 1.92. The third-order valence-electron chi connectivity index (χ3n) is 3.74. The second-order valence-electron chi connectivity index (χ2n) is 6.99. The molecule has 0 spiro atoms. The number of carbonyl (C=O) groups is 1. The van der Waals surface area contributed by atoms with Crippen LogP contribution in [0.2, 0.25) is 0 Å². The number of hydrazone groups is 1. The second kappa shape index (κ2) is 9.07. The molecule has 0 fully saturated rings. The van der Waals surface area contributed by atoms with Crippen molar-refractivity contribution in [3.05, 3.63) is 53.6 Å². The standard InChI is InChI=1S/C21H26N2O4/c1-5-26-19-12-15(10-11-17(19)24)13-22-23-20(25)14-27-18-9-7-6-8-16(18)21(2,3)4/h6-13,24H,5,14H2,1-4H3,(H,23,25). The Morgan fingerprint density at radius 3 is 2.59 bits per heavy atom. The number of hydrogen-bond donors (Lipinski definition) is 2. The van der Waals surface area contributed by atoms with E-state index in [2.05, 4.69) is 31.3 Å². The van der Waals surface area contributed by atoms with Crippen LogP contribution in [0, 0.1) is 0 Å². The molecule has 2 aromatic rings. The largest absolute Gasteiger partial charge is 0.504 e. The summed E-state index contributed by atoms with van der Waals surface area (Å²) in [5, 5.41) is 13.6. The number of amides is 1. The molecule has 0 bridgehead atoms. The van der Waals surface area contributed by atoms with Crippen molar-refractivity contribution in [3.63, 3.8) is 0 Å². The fourth-order valence-electron chi connectivity index (χ4n) is 2.45. The van der Waals surface area contributed by atoms with Gasteiger partial charge in [0.25, 0.3) is 5.91 Å². The van der Waals surface area contributed by atoms with Crippen LogP contribution in [0.4, 0.5) is 0 Å². The van der Waals surface area contributed by atoms with Crippen LogP contribution in [0.3, 0.4) is 0 Å². The molecule has 0 aliphatic carbocycles. The number of rotatable bonds is 7. The average Bonchev–Trinajstić information content (AvgIpc) is 2.62. The number of ether oxygens (including phenoxy) is 2. The average molecular weight is 370 g/mol. The van der Waals surface area contributed by atoms with E-state index in [0.717, 1.165) is 5.56 Å². The maximum absolute atomic E-state index is 12.0. The maximum Gasteiger partial charge on any atom is 0.277 e. The van der Waals surface area contributed by atoms with E-state index in [1.54, 1.807) is 12.1 Å². The van der Waals surface area contributed by atoms with Crippen LogP contribution in [0.15, 0.2) is 47.6 Å². The summed E-state index contributed by atoms with van der Waals surface area (Å²) in [6.45, 7) is 8.41. The molecule has 2 rings (SSSR count). The van der Waals surface area contributed by atoms with E-state index in [1.165, 1.54) is 12.3 Å². The van der Waals surface area contributed by atoms with Gasteiger partial charge < -0.3 is 14.6 Å². The van der Waals surface area contributed by atoms with E-state index in [0.29, 0.717) is 23.7 Å². The minimum atomic E-state index is -0.362. The molecule has 0 aliphatic heterocycles. The fourth-order valence-corrected chi connectivity index (χ4v) is 2.45. The quantitative estimate of drug-likeness (QED) is 0.576. The minimum absolute atomic E-state index is 0.0592. The number of nitrogens with zero attached hydrogens (tertiary/aromatic N) is 1. The Morgan fingerprint density at radius 1 is 1.15 bits per heavy atom. The second-order valence-corrected chi connectivity index (χ2v) is 6.99. The first-order valence-electron chi connectivity index (χ1n) is 8.81. The minimum Gasteiger partial charge on any atom is -0.504 e.